The zero-order chi connectivity index (χ0) is 31.5. The number of nitrogens with zero attached hydrogens (tertiary/aromatic N) is 2. The van der Waals surface area contributed by atoms with Gasteiger partial charge in [-0.3, -0.25) is 13.9 Å². The number of hydrogen-bond donors (Lipinski definition) is 1. The van der Waals surface area contributed by atoms with Crippen LogP contribution in [0.2, 0.25) is 5.02 Å². The van der Waals surface area contributed by atoms with Crippen LogP contribution >= 0.6 is 11.6 Å². The molecule has 0 spiro atoms. The first-order chi connectivity index (χ1) is 21.2. The van der Waals surface area contributed by atoms with Crippen molar-refractivity contribution >= 4 is 39.1 Å². The zero-order valence-corrected chi connectivity index (χ0v) is 26.6. The Kier molecular flexibility index (Phi) is 11.6. The number of hydrogen-bond acceptors (Lipinski definition) is 4. The van der Waals surface area contributed by atoms with E-state index >= 15 is 0 Å². The van der Waals surface area contributed by atoms with Gasteiger partial charge in [-0.25, -0.2) is 8.42 Å². The molecule has 9 heteroatoms. The molecule has 230 valence electrons. The van der Waals surface area contributed by atoms with Gasteiger partial charge in [-0.05, 0) is 60.9 Å². The van der Waals surface area contributed by atoms with Crippen molar-refractivity contribution in [3.63, 3.8) is 0 Å². The molecule has 0 bridgehead atoms. The molecule has 0 radical (unpaired) electrons. The first-order valence-electron chi connectivity index (χ1n) is 14.7. The number of para-hydroxylation sites is 1. The lowest BCUT2D eigenvalue weighted by Gasteiger charge is -2.34. The summed E-state index contributed by atoms with van der Waals surface area (Å²) in [6.45, 7) is 3.98. The van der Waals surface area contributed by atoms with Gasteiger partial charge in [0.25, 0.3) is 10.0 Å². The molecular formula is C35H38ClN3O4S. The number of unbranched alkanes of at least 4 members (excludes halogenated alkanes) is 1. The zero-order valence-electron chi connectivity index (χ0n) is 25.0. The van der Waals surface area contributed by atoms with Crippen LogP contribution in [0.25, 0.3) is 0 Å². The second-order valence-corrected chi connectivity index (χ2v) is 13.0. The fraction of sp³-hybridized carbons (Fsp3) is 0.257. The predicted molar refractivity (Wildman–Crippen MR) is 176 cm³/mol. The Labute approximate surface area is 265 Å². The summed E-state index contributed by atoms with van der Waals surface area (Å²) in [6.07, 6.45) is 1.96. The van der Waals surface area contributed by atoms with Crippen molar-refractivity contribution in [1.82, 2.24) is 10.2 Å². The summed E-state index contributed by atoms with van der Waals surface area (Å²) in [6, 6.07) is 30.7. The number of nitrogens with one attached hydrogen (secondary N) is 1. The van der Waals surface area contributed by atoms with E-state index in [1.165, 1.54) is 17.0 Å². The molecule has 2 amide bonds. The molecule has 0 aliphatic heterocycles. The SMILES string of the molecule is CCCCNC(=O)[C@@H](Cc1ccccc1)N(Cc1ccc(Cl)cc1)C(=O)CN(c1ccccc1)S(=O)(=O)c1ccc(C)cc1. The fourth-order valence-corrected chi connectivity index (χ4v) is 6.35. The van der Waals surface area contributed by atoms with Crippen LogP contribution in [0.5, 0.6) is 0 Å². The summed E-state index contributed by atoms with van der Waals surface area (Å²) in [7, 11) is -4.13. The molecule has 0 saturated heterocycles. The van der Waals surface area contributed by atoms with Crippen LogP contribution in [0.1, 0.15) is 36.5 Å². The third-order valence-corrected chi connectivity index (χ3v) is 9.34. The van der Waals surface area contributed by atoms with Crippen LogP contribution in [0, 0.1) is 6.92 Å². The average molecular weight is 632 g/mol. The number of carbonyl (C=O) groups excluding carboxylic acids is 2. The Balaban J connectivity index is 1.76. The minimum Gasteiger partial charge on any atom is -0.354 e. The molecule has 0 aliphatic carbocycles. The standard InChI is InChI=1S/C35H38ClN3O4S/c1-3-4-23-37-35(41)33(24-28-11-7-5-8-12-28)38(25-29-17-19-30(36)20-18-29)34(40)26-39(31-13-9-6-10-14-31)44(42,43)32-21-15-27(2)16-22-32/h5-22,33H,3-4,23-26H2,1-2H3,(H,37,41)/t33-/m1/s1. The normalized spacial score (nSPS) is 11.9. The summed E-state index contributed by atoms with van der Waals surface area (Å²) in [5, 5.41) is 3.54. The van der Waals surface area contributed by atoms with Gasteiger partial charge >= 0.3 is 0 Å². The highest BCUT2D eigenvalue weighted by atomic mass is 35.5. The lowest BCUT2D eigenvalue weighted by Crippen LogP contribution is -2.53. The van der Waals surface area contributed by atoms with Crippen LogP contribution in [-0.4, -0.2) is 44.3 Å². The lowest BCUT2D eigenvalue weighted by molar-refractivity contribution is -0.140. The highest BCUT2D eigenvalue weighted by Gasteiger charge is 2.34. The average Bonchev–Trinajstić information content (AvgIpc) is 3.03. The summed E-state index contributed by atoms with van der Waals surface area (Å²) >= 11 is 6.14. The van der Waals surface area contributed by atoms with Crippen LogP contribution in [0.3, 0.4) is 0 Å². The maximum Gasteiger partial charge on any atom is 0.264 e. The number of halogens is 1. The predicted octanol–water partition coefficient (Wildman–Crippen LogP) is 6.40. The summed E-state index contributed by atoms with van der Waals surface area (Å²) in [5.74, 6) is -0.802. The van der Waals surface area contributed by atoms with E-state index in [-0.39, 0.29) is 23.8 Å². The van der Waals surface area contributed by atoms with Crippen LogP contribution < -0.4 is 9.62 Å². The third kappa shape index (κ3) is 8.71. The number of anilines is 1. The Morgan fingerprint density at radius 3 is 2.05 bits per heavy atom. The van der Waals surface area contributed by atoms with E-state index in [4.69, 9.17) is 11.6 Å². The van der Waals surface area contributed by atoms with Gasteiger partial charge in [0.1, 0.15) is 12.6 Å². The van der Waals surface area contributed by atoms with Crippen molar-refractivity contribution in [3.8, 4) is 0 Å². The summed E-state index contributed by atoms with van der Waals surface area (Å²) in [4.78, 5) is 29.7. The van der Waals surface area contributed by atoms with Gasteiger partial charge in [-0.1, -0.05) is 103 Å². The molecule has 4 aromatic rings. The Morgan fingerprint density at radius 1 is 0.818 bits per heavy atom. The van der Waals surface area contributed by atoms with Gasteiger partial charge in [0.05, 0.1) is 10.6 Å². The van der Waals surface area contributed by atoms with Crippen molar-refractivity contribution in [2.45, 2.75) is 50.6 Å². The Morgan fingerprint density at radius 2 is 1.43 bits per heavy atom. The molecule has 0 aromatic heterocycles. The first-order valence-corrected chi connectivity index (χ1v) is 16.5. The molecule has 0 saturated carbocycles. The molecule has 7 nitrogen and oxygen atoms in total. The molecule has 0 heterocycles. The largest absolute Gasteiger partial charge is 0.354 e. The lowest BCUT2D eigenvalue weighted by atomic mass is 10.0. The molecular weight excluding hydrogens is 594 g/mol. The maximum atomic E-state index is 14.4. The van der Waals surface area contributed by atoms with Crippen LogP contribution in [0.15, 0.2) is 114 Å². The monoisotopic (exact) mass is 631 g/mol. The number of benzene rings is 4. The van der Waals surface area contributed by atoms with Crippen molar-refractivity contribution in [1.29, 1.82) is 0 Å². The molecule has 4 aromatic carbocycles. The van der Waals surface area contributed by atoms with Gasteiger partial charge in [0.2, 0.25) is 11.8 Å². The molecule has 44 heavy (non-hydrogen) atoms. The van der Waals surface area contributed by atoms with E-state index in [9.17, 15) is 18.0 Å². The van der Waals surface area contributed by atoms with Crippen molar-refractivity contribution in [2.75, 3.05) is 17.4 Å². The highest BCUT2D eigenvalue weighted by molar-refractivity contribution is 7.92. The van der Waals surface area contributed by atoms with Gasteiger partial charge in [-0.15, -0.1) is 0 Å². The fourth-order valence-electron chi connectivity index (χ4n) is 4.81. The summed E-state index contributed by atoms with van der Waals surface area (Å²) in [5.41, 5.74) is 2.90. The van der Waals surface area contributed by atoms with Crippen molar-refractivity contribution < 1.29 is 18.0 Å². The van der Waals surface area contributed by atoms with Gasteiger partial charge < -0.3 is 10.2 Å². The highest BCUT2D eigenvalue weighted by Crippen LogP contribution is 2.25. The van der Waals surface area contributed by atoms with Crippen LogP contribution in [0.4, 0.5) is 5.69 Å². The van der Waals surface area contributed by atoms with Crippen LogP contribution in [-0.2, 0) is 32.6 Å². The maximum absolute atomic E-state index is 14.4. The second-order valence-electron chi connectivity index (χ2n) is 10.7. The molecule has 1 atom stereocenters. The third-order valence-electron chi connectivity index (χ3n) is 7.30. The molecule has 0 aliphatic rings. The second kappa shape index (κ2) is 15.5. The van der Waals surface area contributed by atoms with Gasteiger partial charge in [-0.2, -0.15) is 0 Å². The van der Waals surface area contributed by atoms with E-state index in [2.05, 4.69) is 5.32 Å². The Hall–Kier alpha value is -4.14. The number of aryl methyl sites for hydroxylation is 1. The minimum atomic E-state index is -4.13. The molecule has 0 fully saturated rings. The number of amides is 2. The molecule has 4 rings (SSSR count). The summed E-state index contributed by atoms with van der Waals surface area (Å²) < 4.78 is 29.2. The molecule has 0 unspecified atom stereocenters. The smallest absolute Gasteiger partial charge is 0.264 e. The van der Waals surface area contributed by atoms with Crippen molar-refractivity contribution in [3.05, 3.63) is 131 Å². The van der Waals surface area contributed by atoms with Gasteiger partial charge in [0.15, 0.2) is 0 Å². The van der Waals surface area contributed by atoms with E-state index in [0.717, 1.165) is 33.8 Å². The van der Waals surface area contributed by atoms with E-state index in [1.54, 1.807) is 66.7 Å². The van der Waals surface area contributed by atoms with Gasteiger partial charge in [0, 0.05) is 24.5 Å². The minimum absolute atomic E-state index is 0.0714. The first kappa shape index (κ1) is 32.8. The van der Waals surface area contributed by atoms with E-state index < -0.39 is 28.5 Å². The van der Waals surface area contributed by atoms with E-state index in [0.29, 0.717) is 17.3 Å². The number of sulfonamides is 1. The van der Waals surface area contributed by atoms with E-state index in [1.807, 2.05) is 44.2 Å². The topological polar surface area (TPSA) is 86.8 Å². The Bertz CT molecular complexity index is 1610. The quantitative estimate of drug-likeness (QED) is 0.163. The molecule has 1 N–H and O–H groups in total. The van der Waals surface area contributed by atoms with Crippen molar-refractivity contribution in [2.24, 2.45) is 0 Å². The number of carbonyl (C=O) groups is 2. The number of rotatable bonds is 14.